The Bertz CT molecular complexity index is 1160. The molecule has 200 valence electrons. The van der Waals surface area contributed by atoms with E-state index in [1.165, 1.54) is 30.3 Å². The van der Waals surface area contributed by atoms with Crippen LogP contribution in [0.25, 0.3) is 10.2 Å². The van der Waals surface area contributed by atoms with Crippen molar-refractivity contribution in [2.45, 2.75) is 50.7 Å². The fraction of sp³-hybridized carbons (Fsp3) is 0.538. The summed E-state index contributed by atoms with van der Waals surface area (Å²) in [5.74, 6) is 0.570. The van der Waals surface area contributed by atoms with E-state index in [9.17, 15) is 14.3 Å². The van der Waals surface area contributed by atoms with Crippen LogP contribution in [0.4, 0.5) is 16.0 Å². The number of pyridine rings is 1. The van der Waals surface area contributed by atoms with Gasteiger partial charge in [0.1, 0.15) is 30.7 Å². The minimum absolute atomic E-state index is 0.340. The van der Waals surface area contributed by atoms with E-state index in [-0.39, 0.29) is 0 Å². The highest BCUT2D eigenvalue weighted by atomic mass is 32.1. The first-order valence-corrected chi connectivity index (χ1v) is 13.7. The van der Waals surface area contributed by atoms with Gasteiger partial charge in [-0.15, -0.1) is 11.3 Å². The molecule has 37 heavy (non-hydrogen) atoms. The Labute approximate surface area is 220 Å². The Balaban J connectivity index is 1.32. The Morgan fingerprint density at radius 1 is 1.30 bits per heavy atom. The molecule has 1 aliphatic rings. The number of methoxy groups -OCH3 is 1. The largest absolute Gasteiger partial charge is 0.480 e. The third-order valence-electron chi connectivity index (χ3n) is 6.66. The third-order valence-corrected chi connectivity index (χ3v) is 7.57. The van der Waals surface area contributed by atoms with Crippen molar-refractivity contribution >= 4 is 39.2 Å². The van der Waals surface area contributed by atoms with Gasteiger partial charge in [0.05, 0.1) is 16.3 Å². The number of halogens is 1. The summed E-state index contributed by atoms with van der Waals surface area (Å²) in [5.41, 5.74) is 3.13. The first kappa shape index (κ1) is 27.2. The van der Waals surface area contributed by atoms with Crippen molar-refractivity contribution in [3.8, 4) is 0 Å². The Kier molecular flexibility index (Phi) is 9.98. The fourth-order valence-corrected chi connectivity index (χ4v) is 5.34. The summed E-state index contributed by atoms with van der Waals surface area (Å²) < 4.78 is 19.5. The molecule has 4 rings (SSSR count). The van der Waals surface area contributed by atoms with E-state index in [0.29, 0.717) is 25.3 Å². The normalized spacial score (nSPS) is 14.8. The number of aromatic nitrogens is 3. The molecule has 1 aliphatic heterocycles. The Hall–Kier alpha value is -2.89. The number of rotatable bonds is 15. The van der Waals surface area contributed by atoms with Gasteiger partial charge in [0.2, 0.25) is 0 Å². The maximum absolute atomic E-state index is 13.4. The number of aliphatic carboxylic acids is 1. The number of carboxylic acids is 1. The molecular weight excluding hydrogens is 495 g/mol. The van der Waals surface area contributed by atoms with E-state index in [1.807, 2.05) is 11.4 Å². The molecule has 0 spiro atoms. The number of aryl methyl sites for hydroxylation is 2. The number of nitrogens with one attached hydrogen (secondary N) is 2. The zero-order chi connectivity index (χ0) is 26.0. The smallest absolute Gasteiger partial charge is 0.326 e. The molecule has 3 aromatic rings. The minimum atomic E-state index is -0.954. The summed E-state index contributed by atoms with van der Waals surface area (Å²) in [6.07, 6.45) is 6.13. The molecule has 3 aromatic heterocycles. The second-order valence-corrected chi connectivity index (χ2v) is 10.2. The quantitative estimate of drug-likeness (QED) is 0.251. The van der Waals surface area contributed by atoms with Gasteiger partial charge in [-0.1, -0.05) is 6.07 Å². The van der Waals surface area contributed by atoms with Gasteiger partial charge in [0.15, 0.2) is 0 Å². The van der Waals surface area contributed by atoms with Crippen LogP contribution in [0.15, 0.2) is 29.9 Å². The number of anilines is 2. The van der Waals surface area contributed by atoms with Crippen LogP contribution in [0.3, 0.4) is 0 Å². The van der Waals surface area contributed by atoms with Crippen molar-refractivity contribution in [3.05, 3.63) is 41.2 Å². The van der Waals surface area contributed by atoms with E-state index < -0.39 is 24.8 Å². The van der Waals surface area contributed by atoms with Gasteiger partial charge in [0, 0.05) is 32.4 Å². The van der Waals surface area contributed by atoms with Crippen molar-refractivity contribution in [2.75, 3.05) is 50.6 Å². The van der Waals surface area contributed by atoms with Crippen molar-refractivity contribution in [2.24, 2.45) is 0 Å². The van der Waals surface area contributed by atoms with E-state index in [4.69, 9.17) is 9.72 Å². The minimum Gasteiger partial charge on any atom is -0.480 e. The molecule has 2 atom stereocenters. The SMILES string of the molecule is CO[C@H](CF)CN(CCCCc1ccc2c(n1)NCCC2)CC[C@H](Nc1ncnc2ccsc12)C(=O)O. The van der Waals surface area contributed by atoms with Crippen LogP contribution in [0.1, 0.15) is 36.9 Å². The summed E-state index contributed by atoms with van der Waals surface area (Å²) >= 11 is 1.47. The summed E-state index contributed by atoms with van der Waals surface area (Å²) in [4.78, 5) is 27.3. The van der Waals surface area contributed by atoms with Gasteiger partial charge < -0.3 is 25.4 Å². The molecular formula is C26H35FN6O3S. The lowest BCUT2D eigenvalue weighted by atomic mass is 10.1. The van der Waals surface area contributed by atoms with Crippen LogP contribution in [0, 0.1) is 0 Å². The number of nitrogens with zero attached hydrogens (tertiary/aromatic N) is 4. The predicted molar refractivity (Wildman–Crippen MR) is 144 cm³/mol. The first-order valence-electron chi connectivity index (χ1n) is 12.8. The number of ether oxygens (including phenoxy) is 1. The molecule has 0 radical (unpaired) electrons. The third kappa shape index (κ3) is 7.56. The van der Waals surface area contributed by atoms with Crippen LogP contribution in [-0.4, -0.2) is 83.0 Å². The predicted octanol–water partition coefficient (Wildman–Crippen LogP) is 4.01. The number of carbonyl (C=O) groups is 1. The van der Waals surface area contributed by atoms with Crippen LogP contribution in [-0.2, 0) is 22.4 Å². The van der Waals surface area contributed by atoms with Crippen molar-refractivity contribution in [1.29, 1.82) is 0 Å². The van der Waals surface area contributed by atoms with E-state index >= 15 is 0 Å². The molecule has 4 heterocycles. The molecule has 0 saturated carbocycles. The van der Waals surface area contributed by atoms with E-state index in [0.717, 1.165) is 66.9 Å². The summed E-state index contributed by atoms with van der Waals surface area (Å²) in [5, 5.41) is 18.2. The van der Waals surface area contributed by atoms with Crippen molar-refractivity contribution in [3.63, 3.8) is 0 Å². The van der Waals surface area contributed by atoms with Crippen LogP contribution < -0.4 is 10.6 Å². The maximum atomic E-state index is 13.4. The Morgan fingerprint density at radius 2 is 2.19 bits per heavy atom. The number of carboxylic acid groups (broad SMARTS) is 1. The number of unbranched alkanes of at least 4 members (excludes halogenated alkanes) is 1. The number of thiophene rings is 1. The molecule has 0 aliphatic carbocycles. The summed E-state index contributed by atoms with van der Waals surface area (Å²) in [6, 6.07) is 5.32. The number of hydrogen-bond acceptors (Lipinski definition) is 9. The second kappa shape index (κ2) is 13.6. The fourth-order valence-electron chi connectivity index (χ4n) is 4.54. The molecule has 0 bridgehead atoms. The lowest BCUT2D eigenvalue weighted by molar-refractivity contribution is -0.138. The molecule has 11 heteroatoms. The Morgan fingerprint density at radius 3 is 3.00 bits per heavy atom. The van der Waals surface area contributed by atoms with E-state index in [1.54, 1.807) is 0 Å². The monoisotopic (exact) mass is 530 g/mol. The van der Waals surface area contributed by atoms with Gasteiger partial charge in [-0.25, -0.2) is 24.1 Å². The molecule has 3 N–H and O–H groups in total. The maximum Gasteiger partial charge on any atom is 0.326 e. The molecule has 0 fully saturated rings. The highest BCUT2D eigenvalue weighted by Gasteiger charge is 2.22. The van der Waals surface area contributed by atoms with Crippen LogP contribution >= 0.6 is 11.3 Å². The van der Waals surface area contributed by atoms with Crippen molar-refractivity contribution in [1.82, 2.24) is 19.9 Å². The van der Waals surface area contributed by atoms with Gasteiger partial charge >= 0.3 is 5.97 Å². The zero-order valence-corrected chi connectivity index (χ0v) is 22.0. The highest BCUT2D eigenvalue weighted by molar-refractivity contribution is 7.17. The van der Waals surface area contributed by atoms with Gasteiger partial charge in [-0.3, -0.25) is 0 Å². The molecule has 0 aromatic carbocycles. The summed E-state index contributed by atoms with van der Waals surface area (Å²) in [6.45, 7) is 2.00. The summed E-state index contributed by atoms with van der Waals surface area (Å²) in [7, 11) is 1.50. The van der Waals surface area contributed by atoms with E-state index in [2.05, 4.69) is 37.6 Å². The molecule has 9 nitrogen and oxygen atoms in total. The topological polar surface area (TPSA) is 113 Å². The van der Waals surface area contributed by atoms with Crippen LogP contribution in [0.5, 0.6) is 0 Å². The van der Waals surface area contributed by atoms with Crippen molar-refractivity contribution < 1.29 is 19.0 Å². The van der Waals surface area contributed by atoms with Crippen LogP contribution in [0.2, 0.25) is 0 Å². The number of hydrogen-bond donors (Lipinski definition) is 3. The van der Waals surface area contributed by atoms with Gasteiger partial charge in [-0.2, -0.15) is 0 Å². The molecule has 0 amide bonds. The zero-order valence-electron chi connectivity index (χ0n) is 21.2. The average molecular weight is 531 g/mol. The standard InChI is InChI=1S/C26H35FN6O3S/c1-36-20(15-27)16-33(12-3-2-6-19-8-7-18-5-4-11-28-24(18)31-19)13-9-22(26(34)35)32-25-23-21(10-14-37-23)29-17-30-25/h7-8,10,14,17,20,22H,2-6,9,11-13,15-16H2,1H3,(H,28,31)(H,34,35)(H,29,30,32)/t20-,22+/m1/s1. The highest BCUT2D eigenvalue weighted by Crippen LogP contribution is 2.26. The van der Waals surface area contributed by atoms with Gasteiger partial charge in [-0.05, 0) is 68.1 Å². The molecule has 0 unspecified atom stereocenters. The second-order valence-electron chi connectivity index (χ2n) is 9.29. The number of fused-ring (bicyclic) bond motifs is 2. The van der Waals surface area contributed by atoms with Gasteiger partial charge in [0.25, 0.3) is 0 Å². The number of alkyl halides is 1. The lowest BCUT2D eigenvalue weighted by Crippen LogP contribution is -2.39. The lowest BCUT2D eigenvalue weighted by Gasteiger charge is -2.27. The molecule has 0 saturated heterocycles. The first-order chi connectivity index (χ1) is 18.1. The average Bonchev–Trinajstić information content (AvgIpc) is 3.41.